The van der Waals surface area contributed by atoms with Crippen LogP contribution in [0, 0.1) is 0 Å². The van der Waals surface area contributed by atoms with Crippen molar-refractivity contribution in [2.24, 2.45) is 7.05 Å². The number of nitrogens with one attached hydrogen (secondary N) is 1. The van der Waals surface area contributed by atoms with Crippen molar-refractivity contribution < 1.29 is 0 Å². The van der Waals surface area contributed by atoms with Crippen molar-refractivity contribution in [3.8, 4) is 0 Å². The predicted octanol–water partition coefficient (Wildman–Crippen LogP) is 3.51. The van der Waals surface area contributed by atoms with Crippen LogP contribution in [0.1, 0.15) is 24.3 Å². The third kappa shape index (κ3) is 2.66. The fourth-order valence-electron chi connectivity index (χ4n) is 2.71. The van der Waals surface area contributed by atoms with Gasteiger partial charge in [-0.25, -0.2) is 0 Å². The van der Waals surface area contributed by atoms with E-state index in [2.05, 4.69) is 39.4 Å². The number of aryl methyl sites for hydroxylation is 1. The lowest BCUT2D eigenvalue weighted by Gasteiger charge is -2.37. The van der Waals surface area contributed by atoms with Gasteiger partial charge in [0.15, 0.2) is 0 Å². The Morgan fingerprint density at radius 2 is 1.95 bits per heavy atom. The molecule has 0 aliphatic heterocycles. The molecule has 0 unspecified atom stereocenters. The molecule has 1 aromatic carbocycles. The normalized spacial score (nSPS) is 21.3. The van der Waals surface area contributed by atoms with E-state index in [-0.39, 0.29) is 5.56 Å². The van der Waals surface area contributed by atoms with Gasteiger partial charge in [-0.15, -0.1) is 0 Å². The smallest absolute Gasteiger partial charge is 0.250 e. The maximum absolute atomic E-state index is 11.3. The third-order valence-corrected chi connectivity index (χ3v) is 4.66. The molecule has 1 heterocycles. The Bertz CT molecular complexity index is 674. The van der Waals surface area contributed by atoms with E-state index in [9.17, 15) is 4.79 Å². The highest BCUT2D eigenvalue weighted by molar-refractivity contribution is 9.10. The summed E-state index contributed by atoms with van der Waals surface area (Å²) in [6, 6.07) is 12.4. The molecule has 0 saturated heterocycles. The van der Waals surface area contributed by atoms with Crippen LogP contribution in [0.3, 0.4) is 0 Å². The second-order valence-corrected chi connectivity index (χ2v) is 6.25. The highest BCUT2D eigenvalue weighted by Gasteiger charge is 2.31. The molecule has 0 spiro atoms. The Balaban J connectivity index is 1.62. The van der Waals surface area contributed by atoms with Gasteiger partial charge in [0.25, 0.3) is 0 Å². The molecule has 0 radical (unpaired) electrons. The lowest BCUT2D eigenvalue weighted by Crippen LogP contribution is -2.34. The molecule has 104 valence electrons. The minimum Gasteiger partial charge on any atom is -0.381 e. The van der Waals surface area contributed by atoms with Crippen LogP contribution in [-0.4, -0.2) is 10.6 Å². The van der Waals surface area contributed by atoms with E-state index >= 15 is 0 Å². The average molecular weight is 333 g/mol. The SMILES string of the molecule is Cn1cc(NC2CC(c3ccccc3Br)C2)ccc1=O. The van der Waals surface area contributed by atoms with Crippen LogP contribution in [0.2, 0.25) is 0 Å². The first-order chi connectivity index (χ1) is 9.63. The first kappa shape index (κ1) is 13.4. The molecule has 20 heavy (non-hydrogen) atoms. The van der Waals surface area contributed by atoms with Crippen molar-refractivity contribution in [2.75, 3.05) is 5.32 Å². The molecule has 0 bridgehead atoms. The highest BCUT2D eigenvalue weighted by Crippen LogP contribution is 2.41. The van der Waals surface area contributed by atoms with Gasteiger partial charge in [0.05, 0.1) is 5.69 Å². The summed E-state index contributed by atoms with van der Waals surface area (Å²) in [7, 11) is 1.78. The first-order valence-electron chi connectivity index (χ1n) is 6.81. The van der Waals surface area contributed by atoms with Crippen LogP contribution in [0.4, 0.5) is 5.69 Å². The van der Waals surface area contributed by atoms with Crippen LogP contribution in [0.25, 0.3) is 0 Å². The van der Waals surface area contributed by atoms with Gasteiger partial charge in [-0.2, -0.15) is 0 Å². The summed E-state index contributed by atoms with van der Waals surface area (Å²) >= 11 is 3.62. The number of anilines is 1. The zero-order valence-electron chi connectivity index (χ0n) is 11.3. The molecule has 0 amide bonds. The predicted molar refractivity (Wildman–Crippen MR) is 85.2 cm³/mol. The minimum atomic E-state index is 0.0234. The maximum atomic E-state index is 11.3. The summed E-state index contributed by atoms with van der Waals surface area (Å²) in [5.41, 5.74) is 2.43. The lowest BCUT2D eigenvalue weighted by atomic mass is 9.76. The molecular weight excluding hydrogens is 316 g/mol. The molecule has 2 aromatic rings. The van der Waals surface area contributed by atoms with Gasteiger partial charge in [0.2, 0.25) is 5.56 Å². The van der Waals surface area contributed by atoms with Gasteiger partial charge in [0, 0.05) is 29.8 Å². The van der Waals surface area contributed by atoms with E-state index in [1.54, 1.807) is 17.7 Å². The van der Waals surface area contributed by atoms with E-state index in [1.807, 2.05) is 18.3 Å². The van der Waals surface area contributed by atoms with Gasteiger partial charge in [-0.05, 0) is 36.5 Å². The Morgan fingerprint density at radius 1 is 1.20 bits per heavy atom. The van der Waals surface area contributed by atoms with Crippen molar-refractivity contribution in [1.82, 2.24) is 4.57 Å². The number of nitrogens with zero attached hydrogens (tertiary/aromatic N) is 1. The monoisotopic (exact) mass is 332 g/mol. The molecular formula is C16H17BrN2O. The van der Waals surface area contributed by atoms with Crippen molar-refractivity contribution in [2.45, 2.75) is 24.8 Å². The Labute approximate surface area is 126 Å². The summed E-state index contributed by atoms with van der Waals surface area (Å²) < 4.78 is 2.80. The number of rotatable bonds is 3. The number of aromatic nitrogens is 1. The van der Waals surface area contributed by atoms with Crippen LogP contribution in [0.5, 0.6) is 0 Å². The lowest BCUT2D eigenvalue weighted by molar-refractivity contribution is 0.373. The number of hydrogen-bond acceptors (Lipinski definition) is 2. The molecule has 3 rings (SSSR count). The van der Waals surface area contributed by atoms with Gasteiger partial charge < -0.3 is 9.88 Å². The quantitative estimate of drug-likeness (QED) is 0.933. The van der Waals surface area contributed by atoms with Crippen molar-refractivity contribution in [1.29, 1.82) is 0 Å². The minimum absolute atomic E-state index is 0.0234. The van der Waals surface area contributed by atoms with Crippen LogP contribution in [-0.2, 0) is 7.05 Å². The number of halogens is 1. The van der Waals surface area contributed by atoms with Crippen molar-refractivity contribution in [3.63, 3.8) is 0 Å². The largest absolute Gasteiger partial charge is 0.381 e. The molecule has 1 saturated carbocycles. The zero-order valence-corrected chi connectivity index (χ0v) is 12.9. The second kappa shape index (κ2) is 5.44. The number of pyridine rings is 1. The van der Waals surface area contributed by atoms with E-state index < -0.39 is 0 Å². The summed E-state index contributed by atoms with van der Waals surface area (Å²) in [5, 5.41) is 3.49. The number of benzene rings is 1. The fourth-order valence-corrected chi connectivity index (χ4v) is 3.32. The summed E-state index contributed by atoms with van der Waals surface area (Å²) in [6.07, 6.45) is 4.12. The standard InChI is InChI=1S/C16H17BrN2O/c1-19-10-12(6-7-16(19)20)18-13-8-11(9-13)14-4-2-3-5-15(14)17/h2-7,10-11,13,18H,8-9H2,1H3. The molecule has 1 N–H and O–H groups in total. The molecule has 1 aromatic heterocycles. The van der Waals surface area contributed by atoms with Gasteiger partial charge >= 0.3 is 0 Å². The van der Waals surface area contributed by atoms with Crippen molar-refractivity contribution in [3.05, 3.63) is 63.0 Å². The average Bonchev–Trinajstić information content (AvgIpc) is 2.39. The topological polar surface area (TPSA) is 34.0 Å². The summed E-state index contributed by atoms with van der Waals surface area (Å²) in [4.78, 5) is 11.3. The van der Waals surface area contributed by atoms with Crippen LogP contribution < -0.4 is 10.9 Å². The molecule has 1 aliphatic rings. The third-order valence-electron chi connectivity index (χ3n) is 3.94. The van der Waals surface area contributed by atoms with Crippen LogP contribution >= 0.6 is 15.9 Å². The zero-order chi connectivity index (χ0) is 14.1. The Morgan fingerprint density at radius 3 is 2.65 bits per heavy atom. The molecule has 1 aliphatic carbocycles. The van der Waals surface area contributed by atoms with E-state index in [0.717, 1.165) is 18.5 Å². The van der Waals surface area contributed by atoms with E-state index in [1.165, 1.54) is 10.0 Å². The van der Waals surface area contributed by atoms with E-state index in [4.69, 9.17) is 0 Å². The van der Waals surface area contributed by atoms with Crippen LogP contribution in [0.15, 0.2) is 51.9 Å². The molecule has 4 heteroatoms. The summed E-state index contributed by atoms with van der Waals surface area (Å²) in [6.45, 7) is 0. The van der Waals surface area contributed by atoms with Gasteiger partial charge in [-0.1, -0.05) is 34.1 Å². The maximum Gasteiger partial charge on any atom is 0.250 e. The number of hydrogen-bond donors (Lipinski definition) is 1. The van der Waals surface area contributed by atoms with Gasteiger partial charge in [-0.3, -0.25) is 4.79 Å². The van der Waals surface area contributed by atoms with Crippen molar-refractivity contribution >= 4 is 21.6 Å². The summed E-state index contributed by atoms with van der Waals surface area (Å²) in [5.74, 6) is 0.621. The van der Waals surface area contributed by atoms with Gasteiger partial charge in [0.1, 0.15) is 0 Å². The first-order valence-corrected chi connectivity index (χ1v) is 7.60. The highest BCUT2D eigenvalue weighted by atomic mass is 79.9. The fraction of sp³-hybridized carbons (Fsp3) is 0.312. The second-order valence-electron chi connectivity index (χ2n) is 5.40. The Kier molecular flexibility index (Phi) is 3.66. The molecule has 0 atom stereocenters. The molecule has 3 nitrogen and oxygen atoms in total. The Hall–Kier alpha value is -1.55. The molecule has 1 fully saturated rings. The van der Waals surface area contributed by atoms with E-state index in [0.29, 0.717) is 12.0 Å².